The zero-order chi connectivity index (χ0) is 11.7. The maximum Gasteiger partial charge on any atom is 0.213 e. The summed E-state index contributed by atoms with van der Waals surface area (Å²) >= 11 is 5.00. The van der Waals surface area contributed by atoms with Crippen LogP contribution >= 0.6 is 12.2 Å². The Balaban J connectivity index is 2.68. The van der Waals surface area contributed by atoms with Crippen LogP contribution in [-0.2, 0) is 10.0 Å². The summed E-state index contributed by atoms with van der Waals surface area (Å²) in [5.41, 5.74) is 5.48. The Labute approximate surface area is 96.9 Å². The fraction of sp³-hybridized carbons (Fsp3) is 0.889. The summed E-state index contributed by atoms with van der Waals surface area (Å²) in [6, 6.07) is 0. The van der Waals surface area contributed by atoms with Crippen LogP contribution in [0.5, 0.6) is 0 Å². The molecule has 0 atom stereocenters. The summed E-state index contributed by atoms with van der Waals surface area (Å²) in [5.74, 6) is 0.163. The molecule has 0 aromatic carbocycles. The molecule has 0 unspecified atom stereocenters. The fourth-order valence-corrected chi connectivity index (χ4v) is 3.00. The molecule has 88 valence electrons. The first-order valence-corrected chi connectivity index (χ1v) is 7.11. The van der Waals surface area contributed by atoms with E-state index in [9.17, 15) is 8.42 Å². The molecule has 6 heteroatoms. The minimum absolute atomic E-state index is 0.163. The van der Waals surface area contributed by atoms with Crippen molar-refractivity contribution < 1.29 is 8.42 Å². The van der Waals surface area contributed by atoms with E-state index in [1.807, 2.05) is 6.92 Å². The summed E-state index contributed by atoms with van der Waals surface area (Å²) in [6.45, 7) is 4.73. The van der Waals surface area contributed by atoms with Gasteiger partial charge >= 0.3 is 0 Å². The molecular formula is C9H18N2O2S2. The molecule has 1 aliphatic heterocycles. The third-order valence-corrected chi connectivity index (χ3v) is 5.55. The van der Waals surface area contributed by atoms with Gasteiger partial charge in [-0.05, 0) is 19.8 Å². The van der Waals surface area contributed by atoms with Gasteiger partial charge in [-0.2, -0.15) is 0 Å². The number of thiocarbonyl (C=S) groups is 1. The number of nitrogens with two attached hydrogens (primary N) is 1. The van der Waals surface area contributed by atoms with Crippen LogP contribution in [0, 0.1) is 5.41 Å². The molecule has 0 aromatic heterocycles. The Morgan fingerprint density at radius 2 is 1.93 bits per heavy atom. The van der Waals surface area contributed by atoms with Gasteiger partial charge in [0, 0.05) is 18.5 Å². The van der Waals surface area contributed by atoms with E-state index in [2.05, 4.69) is 0 Å². The highest BCUT2D eigenvalue weighted by molar-refractivity contribution is 7.89. The minimum atomic E-state index is -3.05. The zero-order valence-corrected chi connectivity index (χ0v) is 10.8. The van der Waals surface area contributed by atoms with E-state index < -0.39 is 10.0 Å². The largest absolute Gasteiger partial charge is 0.393 e. The minimum Gasteiger partial charge on any atom is -0.393 e. The van der Waals surface area contributed by atoms with Crippen molar-refractivity contribution in [2.45, 2.75) is 26.7 Å². The van der Waals surface area contributed by atoms with Crippen LogP contribution in [0.25, 0.3) is 0 Å². The molecule has 0 radical (unpaired) electrons. The Morgan fingerprint density at radius 1 is 1.47 bits per heavy atom. The summed E-state index contributed by atoms with van der Waals surface area (Å²) in [4.78, 5) is 0.496. The van der Waals surface area contributed by atoms with Crippen LogP contribution in [0.2, 0.25) is 0 Å². The smallest absolute Gasteiger partial charge is 0.213 e. The van der Waals surface area contributed by atoms with Crippen molar-refractivity contribution >= 4 is 27.2 Å². The highest BCUT2D eigenvalue weighted by atomic mass is 32.2. The quantitative estimate of drug-likeness (QED) is 0.750. The van der Waals surface area contributed by atoms with Crippen molar-refractivity contribution in [1.29, 1.82) is 0 Å². The van der Waals surface area contributed by atoms with Crippen LogP contribution in [0.15, 0.2) is 0 Å². The Kier molecular flexibility index (Phi) is 3.73. The summed E-state index contributed by atoms with van der Waals surface area (Å²) in [6.07, 6.45) is 1.45. The topological polar surface area (TPSA) is 63.4 Å². The van der Waals surface area contributed by atoms with Gasteiger partial charge in [0.15, 0.2) is 0 Å². The van der Waals surface area contributed by atoms with E-state index in [1.165, 1.54) is 4.31 Å². The van der Waals surface area contributed by atoms with Gasteiger partial charge in [0.25, 0.3) is 0 Å². The average molecular weight is 250 g/mol. The lowest BCUT2D eigenvalue weighted by molar-refractivity contribution is 0.244. The molecular weight excluding hydrogens is 232 g/mol. The molecule has 1 aliphatic rings. The second-order valence-electron chi connectivity index (χ2n) is 4.22. The van der Waals surface area contributed by atoms with E-state index in [4.69, 9.17) is 18.0 Å². The number of hydrogen-bond acceptors (Lipinski definition) is 3. The second kappa shape index (κ2) is 4.35. The van der Waals surface area contributed by atoms with Crippen LogP contribution in [0.1, 0.15) is 26.7 Å². The molecule has 0 aromatic rings. The molecule has 2 N–H and O–H groups in total. The van der Waals surface area contributed by atoms with Crippen molar-refractivity contribution in [1.82, 2.24) is 4.31 Å². The van der Waals surface area contributed by atoms with Gasteiger partial charge in [-0.15, -0.1) is 0 Å². The molecule has 1 saturated heterocycles. The van der Waals surface area contributed by atoms with Crippen molar-refractivity contribution in [3.8, 4) is 0 Å². The first-order valence-electron chi connectivity index (χ1n) is 5.09. The number of piperidine rings is 1. The lowest BCUT2D eigenvalue weighted by atomic mass is 9.81. The molecule has 0 amide bonds. The Morgan fingerprint density at radius 3 is 2.27 bits per heavy atom. The van der Waals surface area contributed by atoms with Crippen molar-refractivity contribution in [3.63, 3.8) is 0 Å². The molecule has 0 bridgehead atoms. The van der Waals surface area contributed by atoms with E-state index in [-0.39, 0.29) is 11.2 Å². The van der Waals surface area contributed by atoms with Crippen LogP contribution in [0.3, 0.4) is 0 Å². The summed E-state index contributed by atoms with van der Waals surface area (Å²) in [7, 11) is -3.05. The zero-order valence-electron chi connectivity index (χ0n) is 9.19. The third kappa shape index (κ3) is 2.68. The van der Waals surface area contributed by atoms with Gasteiger partial charge in [-0.3, -0.25) is 0 Å². The van der Waals surface area contributed by atoms with Gasteiger partial charge in [-0.25, -0.2) is 12.7 Å². The number of sulfonamides is 1. The highest BCUT2D eigenvalue weighted by Crippen LogP contribution is 2.32. The summed E-state index contributed by atoms with van der Waals surface area (Å²) < 4.78 is 24.7. The lowest BCUT2D eigenvalue weighted by Crippen LogP contribution is -2.47. The SMILES string of the molecule is CCS(=O)(=O)N1CCC(C)(C(N)=S)CC1. The van der Waals surface area contributed by atoms with Crippen molar-refractivity contribution in [3.05, 3.63) is 0 Å². The molecule has 1 heterocycles. The second-order valence-corrected chi connectivity index (χ2v) is 6.92. The van der Waals surface area contributed by atoms with E-state index in [1.54, 1.807) is 6.92 Å². The van der Waals surface area contributed by atoms with Crippen LogP contribution in [-0.4, -0.2) is 36.6 Å². The van der Waals surface area contributed by atoms with Gasteiger partial charge in [-0.1, -0.05) is 19.1 Å². The maximum atomic E-state index is 11.6. The molecule has 0 saturated carbocycles. The predicted molar refractivity (Wildman–Crippen MR) is 65.2 cm³/mol. The maximum absolute atomic E-state index is 11.6. The molecule has 0 aliphatic carbocycles. The fourth-order valence-electron chi connectivity index (χ4n) is 1.69. The monoisotopic (exact) mass is 250 g/mol. The first kappa shape index (κ1) is 12.9. The van der Waals surface area contributed by atoms with Crippen molar-refractivity contribution in [2.24, 2.45) is 11.1 Å². The molecule has 15 heavy (non-hydrogen) atoms. The average Bonchev–Trinajstić information content (AvgIpc) is 2.18. The normalized spacial score (nSPS) is 22.5. The number of rotatable bonds is 3. The van der Waals surface area contributed by atoms with Crippen LogP contribution < -0.4 is 5.73 Å². The lowest BCUT2D eigenvalue weighted by Gasteiger charge is -2.37. The highest BCUT2D eigenvalue weighted by Gasteiger charge is 2.35. The van der Waals surface area contributed by atoms with E-state index in [0.717, 1.165) is 12.8 Å². The van der Waals surface area contributed by atoms with Crippen LogP contribution in [0.4, 0.5) is 0 Å². The number of nitrogens with zero attached hydrogens (tertiary/aromatic N) is 1. The molecule has 0 spiro atoms. The predicted octanol–water partition coefficient (Wildman–Crippen LogP) is 0.724. The van der Waals surface area contributed by atoms with E-state index >= 15 is 0 Å². The summed E-state index contributed by atoms with van der Waals surface area (Å²) in [5, 5.41) is 0. The Bertz CT molecular complexity index is 343. The standard InChI is InChI=1S/C9H18N2O2S2/c1-3-15(12,13)11-6-4-9(2,5-7-11)8(10)14/h3-7H2,1-2H3,(H2,10,14). The first-order chi connectivity index (χ1) is 6.82. The molecule has 1 rings (SSSR count). The van der Waals surface area contributed by atoms with Gasteiger partial charge in [0.2, 0.25) is 10.0 Å². The number of hydrogen-bond donors (Lipinski definition) is 1. The Hall–Kier alpha value is -0.200. The van der Waals surface area contributed by atoms with Gasteiger partial charge in [0.1, 0.15) is 0 Å². The van der Waals surface area contributed by atoms with Crippen molar-refractivity contribution in [2.75, 3.05) is 18.8 Å². The van der Waals surface area contributed by atoms with Gasteiger partial charge in [0.05, 0.1) is 10.7 Å². The molecule has 4 nitrogen and oxygen atoms in total. The van der Waals surface area contributed by atoms with E-state index in [0.29, 0.717) is 18.1 Å². The third-order valence-electron chi connectivity index (χ3n) is 3.18. The molecule has 1 fully saturated rings. The van der Waals surface area contributed by atoms with Gasteiger partial charge < -0.3 is 5.73 Å².